The molecule has 0 saturated carbocycles. The smallest absolute Gasteiger partial charge is 0.497 e. The molecule has 0 fully saturated rings. The van der Waals surface area contributed by atoms with Gasteiger partial charge in [-0.15, -0.1) is 19.0 Å². The van der Waals surface area contributed by atoms with E-state index >= 15 is 0 Å². The topological polar surface area (TPSA) is 114 Å². The molecule has 3 aromatic rings. The minimum Gasteiger partial charge on any atom is -0.497 e. The number of nitrogens with one attached hydrogen (secondary N) is 1. The Labute approximate surface area is 173 Å². The first-order valence-electron chi connectivity index (χ1n) is 8.52. The van der Waals surface area contributed by atoms with Crippen molar-refractivity contribution in [1.29, 1.82) is 0 Å². The summed E-state index contributed by atoms with van der Waals surface area (Å²) >= 11 is 1.07. The third-order valence-corrected chi connectivity index (χ3v) is 4.97. The molecule has 0 bridgehead atoms. The van der Waals surface area contributed by atoms with Crippen LogP contribution < -0.4 is 25.4 Å². The second-order valence-corrected chi connectivity index (χ2v) is 7.01. The van der Waals surface area contributed by atoms with Gasteiger partial charge in [0.1, 0.15) is 5.75 Å². The molecule has 30 heavy (non-hydrogen) atoms. The number of aromatic nitrogens is 3. The van der Waals surface area contributed by atoms with E-state index in [0.717, 1.165) is 17.3 Å². The number of anilines is 1. The summed E-state index contributed by atoms with van der Waals surface area (Å²) in [6.07, 6.45) is -3.71. The van der Waals surface area contributed by atoms with Crippen LogP contribution >= 0.6 is 11.8 Å². The van der Waals surface area contributed by atoms with Crippen LogP contribution in [0.5, 0.6) is 17.2 Å². The van der Waals surface area contributed by atoms with Gasteiger partial charge in [-0.25, -0.2) is 4.68 Å². The summed E-state index contributed by atoms with van der Waals surface area (Å²) in [5, 5.41) is 11.0. The Hall–Kier alpha value is -3.54. The number of fused-ring (bicyclic) bond motifs is 1. The fourth-order valence-electron chi connectivity index (χ4n) is 2.67. The first-order valence-corrected chi connectivity index (χ1v) is 9.50. The molecule has 0 unspecified atom stereocenters. The lowest BCUT2D eigenvalue weighted by Crippen LogP contribution is -2.25. The molecule has 1 aliphatic heterocycles. The molecule has 9 nitrogen and oxygen atoms in total. The predicted molar refractivity (Wildman–Crippen MR) is 104 cm³/mol. The number of hydrogen-bond acceptors (Lipinski definition) is 8. The van der Waals surface area contributed by atoms with Gasteiger partial charge >= 0.3 is 6.29 Å². The molecule has 0 spiro atoms. The number of halogens is 2. The number of amides is 1. The van der Waals surface area contributed by atoms with Gasteiger partial charge < -0.3 is 25.4 Å². The fourth-order valence-corrected chi connectivity index (χ4v) is 3.32. The van der Waals surface area contributed by atoms with Crippen molar-refractivity contribution >= 4 is 23.4 Å². The number of ether oxygens (including phenoxy) is 3. The molecule has 1 aromatic heterocycles. The van der Waals surface area contributed by atoms with Gasteiger partial charge in [0.05, 0.1) is 12.9 Å². The number of carbonyl (C=O) groups is 1. The minimum atomic E-state index is -3.71. The molecule has 12 heteroatoms. The van der Waals surface area contributed by atoms with Crippen molar-refractivity contribution in [2.45, 2.75) is 11.5 Å². The highest BCUT2D eigenvalue weighted by Crippen LogP contribution is 2.42. The Bertz CT molecular complexity index is 1090. The van der Waals surface area contributed by atoms with Crippen molar-refractivity contribution in [1.82, 2.24) is 14.9 Å². The van der Waals surface area contributed by atoms with Crippen LogP contribution in [0.1, 0.15) is 0 Å². The highest BCUT2D eigenvalue weighted by Gasteiger charge is 2.43. The highest BCUT2D eigenvalue weighted by atomic mass is 32.2. The zero-order chi connectivity index (χ0) is 21.3. The summed E-state index contributed by atoms with van der Waals surface area (Å²) in [6.45, 7) is 0. The lowest BCUT2D eigenvalue weighted by Gasteiger charge is -2.06. The zero-order valence-corrected chi connectivity index (χ0v) is 16.3. The van der Waals surface area contributed by atoms with E-state index < -0.39 is 6.29 Å². The average Bonchev–Trinajstić information content (AvgIpc) is 3.23. The lowest BCUT2D eigenvalue weighted by molar-refractivity contribution is -0.286. The van der Waals surface area contributed by atoms with Crippen LogP contribution in [0.25, 0.3) is 11.4 Å². The Morgan fingerprint density at radius 3 is 2.67 bits per heavy atom. The van der Waals surface area contributed by atoms with E-state index in [1.54, 1.807) is 31.4 Å². The van der Waals surface area contributed by atoms with Gasteiger partial charge in [-0.2, -0.15) is 0 Å². The van der Waals surface area contributed by atoms with Gasteiger partial charge in [-0.05, 0) is 36.4 Å². The quantitative estimate of drug-likeness (QED) is 0.449. The number of nitrogens with two attached hydrogens (primary N) is 1. The predicted octanol–water partition coefficient (Wildman–Crippen LogP) is 2.72. The standard InChI is InChI=1S/C18H15F2N5O4S/c1-27-12-5-2-10(3-6-12)16-23-24-17(25(16)21)30-9-15(26)22-11-4-7-13-14(8-11)29-18(19,20)28-13/h2-8H,9,21H2,1H3,(H,22,26). The van der Waals surface area contributed by atoms with Gasteiger partial charge in [-0.3, -0.25) is 4.79 Å². The molecule has 2 aromatic carbocycles. The summed E-state index contributed by atoms with van der Waals surface area (Å²) in [5.74, 6) is 6.49. The Morgan fingerprint density at radius 1 is 1.20 bits per heavy atom. The van der Waals surface area contributed by atoms with Crippen LogP contribution in [0, 0.1) is 0 Å². The maximum Gasteiger partial charge on any atom is 0.586 e. The van der Waals surface area contributed by atoms with Crippen LogP contribution in [-0.2, 0) is 4.79 Å². The molecule has 2 heterocycles. The van der Waals surface area contributed by atoms with Gasteiger partial charge in [0.2, 0.25) is 11.1 Å². The summed E-state index contributed by atoms with van der Waals surface area (Å²) in [5.41, 5.74) is 1.02. The van der Waals surface area contributed by atoms with Crippen LogP contribution in [0.15, 0.2) is 47.6 Å². The highest BCUT2D eigenvalue weighted by molar-refractivity contribution is 7.99. The lowest BCUT2D eigenvalue weighted by atomic mass is 10.2. The van der Waals surface area contributed by atoms with Crippen molar-refractivity contribution in [2.75, 3.05) is 24.0 Å². The number of rotatable bonds is 6. The summed E-state index contributed by atoms with van der Waals surface area (Å²) in [4.78, 5) is 12.2. The number of carbonyl (C=O) groups excluding carboxylic acids is 1. The summed E-state index contributed by atoms with van der Waals surface area (Å²) in [7, 11) is 1.57. The van der Waals surface area contributed by atoms with Crippen molar-refractivity contribution < 1.29 is 27.8 Å². The number of benzene rings is 2. The molecule has 0 radical (unpaired) electrons. The van der Waals surface area contributed by atoms with Crippen LogP contribution in [0.2, 0.25) is 0 Å². The molecule has 156 valence electrons. The van der Waals surface area contributed by atoms with Gasteiger partial charge in [0, 0.05) is 17.3 Å². The normalized spacial score (nSPS) is 13.8. The van der Waals surface area contributed by atoms with E-state index in [2.05, 4.69) is 25.0 Å². The number of alkyl halides is 2. The molecule has 0 atom stereocenters. The van der Waals surface area contributed by atoms with E-state index in [0.29, 0.717) is 16.7 Å². The van der Waals surface area contributed by atoms with E-state index in [1.165, 1.54) is 22.9 Å². The van der Waals surface area contributed by atoms with Crippen molar-refractivity contribution in [2.24, 2.45) is 0 Å². The first kappa shape index (κ1) is 19.8. The van der Waals surface area contributed by atoms with Crippen LogP contribution in [0.4, 0.5) is 14.5 Å². The third kappa shape index (κ3) is 4.08. The molecule has 0 saturated heterocycles. The second kappa shape index (κ2) is 7.71. The Balaban J connectivity index is 1.37. The third-order valence-electron chi connectivity index (χ3n) is 4.03. The van der Waals surface area contributed by atoms with Crippen molar-refractivity contribution in [3.8, 4) is 28.6 Å². The monoisotopic (exact) mass is 435 g/mol. The van der Waals surface area contributed by atoms with Crippen molar-refractivity contribution in [3.05, 3.63) is 42.5 Å². The van der Waals surface area contributed by atoms with E-state index in [9.17, 15) is 13.6 Å². The molecule has 0 aliphatic carbocycles. The maximum atomic E-state index is 13.1. The molecule has 1 amide bonds. The van der Waals surface area contributed by atoms with E-state index in [1.807, 2.05) is 0 Å². The first-order chi connectivity index (χ1) is 14.3. The number of thioether (sulfide) groups is 1. The zero-order valence-electron chi connectivity index (χ0n) is 15.5. The summed E-state index contributed by atoms with van der Waals surface area (Å²) < 4.78 is 41.2. The maximum absolute atomic E-state index is 13.1. The number of hydrogen-bond donors (Lipinski definition) is 2. The van der Waals surface area contributed by atoms with Gasteiger partial charge in [0.25, 0.3) is 0 Å². The molecule has 3 N–H and O–H groups in total. The van der Waals surface area contributed by atoms with E-state index in [4.69, 9.17) is 10.6 Å². The molecule has 4 rings (SSSR count). The SMILES string of the molecule is COc1ccc(-c2nnc(SCC(=O)Nc3ccc4c(c3)OC(F)(F)O4)n2N)cc1. The molecular formula is C18H15F2N5O4S. The Kier molecular flexibility index (Phi) is 5.08. The summed E-state index contributed by atoms with van der Waals surface area (Å²) in [6, 6.07) is 11.1. The van der Waals surface area contributed by atoms with E-state index in [-0.39, 0.29) is 28.8 Å². The van der Waals surface area contributed by atoms with Gasteiger partial charge in [0.15, 0.2) is 17.3 Å². The number of nitrogen functional groups attached to an aromatic ring is 1. The second-order valence-electron chi connectivity index (χ2n) is 6.07. The minimum absolute atomic E-state index is 0.0253. The van der Waals surface area contributed by atoms with Crippen LogP contribution in [0.3, 0.4) is 0 Å². The molecule has 1 aliphatic rings. The average molecular weight is 435 g/mol. The number of methoxy groups -OCH3 is 1. The molecular weight excluding hydrogens is 420 g/mol. The Morgan fingerprint density at radius 2 is 1.93 bits per heavy atom. The van der Waals surface area contributed by atoms with Crippen LogP contribution in [-0.4, -0.2) is 39.9 Å². The largest absolute Gasteiger partial charge is 0.586 e. The fraction of sp³-hybridized carbons (Fsp3) is 0.167. The number of nitrogens with zero attached hydrogens (tertiary/aromatic N) is 3. The van der Waals surface area contributed by atoms with Crippen molar-refractivity contribution in [3.63, 3.8) is 0 Å². The van der Waals surface area contributed by atoms with Gasteiger partial charge in [-0.1, -0.05) is 11.8 Å².